The molecule has 0 aliphatic carbocycles. The summed E-state index contributed by atoms with van der Waals surface area (Å²) in [4.78, 5) is 25.0. The minimum absolute atomic E-state index is 0.0153. The zero-order valence-corrected chi connectivity index (χ0v) is 11.4. The smallest absolute Gasteiger partial charge is 0.303 e. The van der Waals surface area contributed by atoms with Crippen molar-refractivity contribution in [2.75, 3.05) is 19.6 Å². The van der Waals surface area contributed by atoms with Crippen LogP contribution in [0.5, 0.6) is 0 Å². The molecule has 2 rings (SSSR count). The van der Waals surface area contributed by atoms with Gasteiger partial charge in [0.1, 0.15) is 0 Å². The fourth-order valence-corrected chi connectivity index (χ4v) is 3.06. The first-order valence-electron chi connectivity index (χ1n) is 7.41. The molecule has 0 aromatic heterocycles. The summed E-state index contributed by atoms with van der Waals surface area (Å²) in [6, 6.07) is -0.0153. The molecule has 2 aliphatic rings. The van der Waals surface area contributed by atoms with E-state index in [9.17, 15) is 9.59 Å². The number of carboxylic acid groups (broad SMARTS) is 1. The third kappa shape index (κ3) is 4.20. The number of hydrogen-bond acceptors (Lipinski definition) is 3. The summed E-state index contributed by atoms with van der Waals surface area (Å²) in [5.74, 6) is -0.269. The number of aliphatic carboxylic acids is 1. The molecule has 5 nitrogen and oxygen atoms in total. The third-order valence-electron chi connectivity index (χ3n) is 4.25. The van der Waals surface area contributed by atoms with Crippen molar-refractivity contribution >= 4 is 11.9 Å². The summed E-state index contributed by atoms with van der Waals surface area (Å²) < 4.78 is 0. The van der Waals surface area contributed by atoms with E-state index in [2.05, 4.69) is 5.32 Å². The van der Waals surface area contributed by atoms with Crippen molar-refractivity contribution < 1.29 is 14.7 Å². The van der Waals surface area contributed by atoms with E-state index in [0.717, 1.165) is 51.7 Å². The highest BCUT2D eigenvalue weighted by atomic mass is 16.4. The Morgan fingerprint density at radius 3 is 2.53 bits per heavy atom. The van der Waals surface area contributed by atoms with Crippen LogP contribution in [0.15, 0.2) is 0 Å². The first-order valence-corrected chi connectivity index (χ1v) is 7.41. The van der Waals surface area contributed by atoms with Crippen molar-refractivity contribution in [3.8, 4) is 0 Å². The van der Waals surface area contributed by atoms with Gasteiger partial charge in [-0.2, -0.15) is 0 Å². The number of carbonyl (C=O) groups excluding carboxylic acids is 1. The van der Waals surface area contributed by atoms with E-state index in [1.54, 1.807) is 0 Å². The Kier molecular flexibility index (Phi) is 5.19. The number of amides is 1. The van der Waals surface area contributed by atoms with Gasteiger partial charge in [0.05, 0.1) is 6.04 Å². The normalized spacial score (nSPS) is 25.9. The lowest BCUT2D eigenvalue weighted by Crippen LogP contribution is -2.49. The van der Waals surface area contributed by atoms with Crippen molar-refractivity contribution in [3.63, 3.8) is 0 Å². The quantitative estimate of drug-likeness (QED) is 0.808. The Hall–Kier alpha value is -1.10. The lowest BCUT2D eigenvalue weighted by molar-refractivity contribution is -0.139. The molecule has 0 radical (unpaired) electrons. The molecule has 0 aromatic carbocycles. The van der Waals surface area contributed by atoms with Crippen molar-refractivity contribution in [2.45, 2.75) is 51.0 Å². The molecule has 2 heterocycles. The van der Waals surface area contributed by atoms with Crippen molar-refractivity contribution in [1.29, 1.82) is 0 Å². The van der Waals surface area contributed by atoms with Crippen molar-refractivity contribution in [1.82, 2.24) is 10.2 Å². The van der Waals surface area contributed by atoms with Crippen LogP contribution in [0.25, 0.3) is 0 Å². The molecule has 0 bridgehead atoms. The fourth-order valence-electron chi connectivity index (χ4n) is 3.06. The molecule has 2 aliphatic heterocycles. The number of carboxylic acids is 1. The van der Waals surface area contributed by atoms with Gasteiger partial charge >= 0.3 is 5.97 Å². The van der Waals surface area contributed by atoms with Gasteiger partial charge in [0.15, 0.2) is 0 Å². The first kappa shape index (κ1) is 14.3. The molecule has 108 valence electrons. The van der Waals surface area contributed by atoms with Gasteiger partial charge in [-0.15, -0.1) is 0 Å². The second-order valence-electron chi connectivity index (χ2n) is 5.72. The summed E-state index contributed by atoms with van der Waals surface area (Å²) in [5.41, 5.74) is 0. The van der Waals surface area contributed by atoms with Gasteiger partial charge in [-0.05, 0) is 38.1 Å². The summed E-state index contributed by atoms with van der Waals surface area (Å²) in [7, 11) is 0. The van der Waals surface area contributed by atoms with Crippen LogP contribution in [0.4, 0.5) is 0 Å². The zero-order valence-electron chi connectivity index (χ0n) is 11.4. The Labute approximate surface area is 114 Å². The number of rotatable bonds is 3. The molecule has 2 saturated heterocycles. The highest BCUT2D eigenvalue weighted by Crippen LogP contribution is 2.22. The van der Waals surface area contributed by atoms with Crippen molar-refractivity contribution in [3.05, 3.63) is 0 Å². The maximum atomic E-state index is 12.4. The molecule has 0 spiro atoms. The van der Waals surface area contributed by atoms with Gasteiger partial charge in [-0.1, -0.05) is 12.8 Å². The Morgan fingerprint density at radius 2 is 1.84 bits per heavy atom. The molecule has 1 unspecified atom stereocenters. The van der Waals surface area contributed by atoms with Crippen LogP contribution in [0.1, 0.15) is 44.9 Å². The summed E-state index contributed by atoms with van der Waals surface area (Å²) in [5, 5.41) is 12.1. The SMILES string of the molecule is O=C(O)CC1CCN(C(=O)C2CCCCCN2)CC1. The monoisotopic (exact) mass is 268 g/mol. The van der Waals surface area contributed by atoms with Crippen molar-refractivity contribution in [2.24, 2.45) is 5.92 Å². The maximum Gasteiger partial charge on any atom is 0.303 e. The highest BCUT2D eigenvalue weighted by molar-refractivity contribution is 5.82. The van der Waals surface area contributed by atoms with Gasteiger partial charge in [-0.25, -0.2) is 0 Å². The largest absolute Gasteiger partial charge is 0.481 e. The van der Waals surface area contributed by atoms with Crippen LogP contribution in [0.3, 0.4) is 0 Å². The molecule has 0 saturated carbocycles. The highest BCUT2D eigenvalue weighted by Gasteiger charge is 2.29. The molecule has 2 N–H and O–H groups in total. The maximum absolute atomic E-state index is 12.4. The van der Waals surface area contributed by atoms with Crippen LogP contribution < -0.4 is 5.32 Å². The second kappa shape index (κ2) is 6.89. The van der Waals surface area contributed by atoms with Crippen LogP contribution in [-0.2, 0) is 9.59 Å². The number of likely N-dealkylation sites (tertiary alicyclic amines) is 1. The van der Waals surface area contributed by atoms with Crippen LogP contribution in [0.2, 0.25) is 0 Å². The molecular formula is C14H24N2O3. The van der Waals surface area contributed by atoms with E-state index in [1.807, 2.05) is 4.90 Å². The standard InChI is InChI=1S/C14H24N2O3/c17-13(18)10-11-5-8-16(9-6-11)14(19)12-4-2-1-3-7-15-12/h11-12,15H,1-10H2,(H,17,18). The summed E-state index contributed by atoms with van der Waals surface area (Å²) in [6.45, 7) is 2.37. The van der Waals surface area contributed by atoms with Crippen LogP contribution >= 0.6 is 0 Å². The van der Waals surface area contributed by atoms with Gasteiger partial charge in [0.2, 0.25) is 5.91 Å². The molecule has 19 heavy (non-hydrogen) atoms. The second-order valence-corrected chi connectivity index (χ2v) is 5.72. The van der Waals surface area contributed by atoms with Gasteiger partial charge in [-0.3, -0.25) is 9.59 Å². The number of nitrogens with one attached hydrogen (secondary N) is 1. The van der Waals surface area contributed by atoms with E-state index in [4.69, 9.17) is 5.11 Å². The Balaban J connectivity index is 1.79. The minimum Gasteiger partial charge on any atom is -0.481 e. The average Bonchev–Trinajstić information content (AvgIpc) is 2.67. The molecule has 1 atom stereocenters. The zero-order chi connectivity index (χ0) is 13.7. The van der Waals surface area contributed by atoms with E-state index in [1.165, 1.54) is 6.42 Å². The topological polar surface area (TPSA) is 69.6 Å². The lowest BCUT2D eigenvalue weighted by Gasteiger charge is -2.33. The summed E-state index contributed by atoms with van der Waals surface area (Å²) in [6.07, 6.45) is 6.31. The number of nitrogens with zero attached hydrogens (tertiary/aromatic N) is 1. The number of carbonyl (C=O) groups is 2. The molecule has 1 amide bonds. The predicted molar refractivity (Wildman–Crippen MR) is 71.8 cm³/mol. The van der Waals surface area contributed by atoms with Gasteiger partial charge in [0.25, 0.3) is 0 Å². The Bertz CT molecular complexity index is 317. The number of hydrogen-bond donors (Lipinski definition) is 2. The van der Waals surface area contributed by atoms with Gasteiger partial charge in [0, 0.05) is 19.5 Å². The van der Waals surface area contributed by atoms with E-state index in [-0.39, 0.29) is 24.3 Å². The van der Waals surface area contributed by atoms with E-state index < -0.39 is 5.97 Å². The average molecular weight is 268 g/mol. The third-order valence-corrected chi connectivity index (χ3v) is 4.25. The van der Waals surface area contributed by atoms with Gasteiger partial charge < -0.3 is 15.3 Å². The van der Waals surface area contributed by atoms with E-state index >= 15 is 0 Å². The molecule has 2 fully saturated rings. The van der Waals surface area contributed by atoms with E-state index in [0.29, 0.717) is 0 Å². The minimum atomic E-state index is -0.727. The van der Waals surface area contributed by atoms with Crippen LogP contribution in [-0.4, -0.2) is 47.6 Å². The molecule has 5 heteroatoms. The number of piperidine rings is 1. The fraction of sp³-hybridized carbons (Fsp3) is 0.857. The Morgan fingerprint density at radius 1 is 1.11 bits per heavy atom. The van der Waals surface area contributed by atoms with Crippen LogP contribution in [0, 0.1) is 5.92 Å². The predicted octanol–water partition coefficient (Wildman–Crippen LogP) is 1.23. The molecular weight excluding hydrogens is 244 g/mol. The molecule has 0 aromatic rings. The first-order chi connectivity index (χ1) is 9.16. The summed E-state index contributed by atoms with van der Waals surface area (Å²) >= 11 is 0. The lowest BCUT2D eigenvalue weighted by atomic mass is 9.93.